The Hall–Kier alpha value is -2.48. The summed E-state index contributed by atoms with van der Waals surface area (Å²) in [5, 5.41) is 3.35. The molecule has 4 heterocycles. The molecule has 7 nitrogen and oxygen atoms in total. The second-order valence-corrected chi connectivity index (χ2v) is 10.0. The number of amides is 2. The third-order valence-electron chi connectivity index (χ3n) is 7.93. The van der Waals surface area contributed by atoms with Crippen molar-refractivity contribution in [3.63, 3.8) is 0 Å². The molecule has 0 spiro atoms. The van der Waals surface area contributed by atoms with E-state index in [1.54, 1.807) is 0 Å². The molecule has 32 heavy (non-hydrogen) atoms. The van der Waals surface area contributed by atoms with Gasteiger partial charge in [0.05, 0.1) is 12.1 Å². The van der Waals surface area contributed by atoms with Gasteiger partial charge in [-0.2, -0.15) is 0 Å². The molecule has 2 aromatic rings. The zero-order chi connectivity index (χ0) is 21.7. The summed E-state index contributed by atoms with van der Waals surface area (Å²) >= 11 is 0. The first-order chi connectivity index (χ1) is 15.6. The first kappa shape index (κ1) is 20.1. The lowest BCUT2D eigenvalue weighted by atomic mass is 9.71. The number of urea groups is 1. The highest BCUT2D eigenvalue weighted by atomic mass is 16.2. The summed E-state index contributed by atoms with van der Waals surface area (Å²) in [6, 6.07) is 16.3. The van der Waals surface area contributed by atoms with Gasteiger partial charge in [0.15, 0.2) is 0 Å². The van der Waals surface area contributed by atoms with Crippen molar-refractivity contribution in [1.82, 2.24) is 31.0 Å². The molecule has 6 rings (SSSR count). The molecular formula is C25H32N6O. The molecule has 3 aliphatic heterocycles. The summed E-state index contributed by atoms with van der Waals surface area (Å²) in [4.78, 5) is 21.8. The molecule has 5 atom stereocenters. The van der Waals surface area contributed by atoms with Gasteiger partial charge in [-0.3, -0.25) is 15.3 Å². The Labute approximate surface area is 189 Å². The summed E-state index contributed by atoms with van der Waals surface area (Å²) in [6.07, 6.45) is 4.03. The maximum Gasteiger partial charge on any atom is 0.317 e. The van der Waals surface area contributed by atoms with Gasteiger partial charge in [0, 0.05) is 50.2 Å². The van der Waals surface area contributed by atoms with Crippen LogP contribution in [-0.4, -0.2) is 58.6 Å². The summed E-state index contributed by atoms with van der Waals surface area (Å²) < 4.78 is 0. The lowest BCUT2D eigenvalue weighted by Crippen LogP contribution is -2.68. The predicted molar refractivity (Wildman–Crippen MR) is 123 cm³/mol. The quantitative estimate of drug-likeness (QED) is 0.691. The fourth-order valence-corrected chi connectivity index (χ4v) is 6.23. The van der Waals surface area contributed by atoms with Crippen LogP contribution in [0.15, 0.2) is 48.7 Å². The largest absolute Gasteiger partial charge is 0.335 e. The Bertz CT molecular complexity index is 977. The van der Waals surface area contributed by atoms with E-state index in [1.807, 2.05) is 6.20 Å². The van der Waals surface area contributed by atoms with E-state index in [0.29, 0.717) is 30.0 Å². The number of carbonyl (C=O) groups is 1. The minimum absolute atomic E-state index is 0.126. The molecular weight excluding hydrogens is 400 g/mol. The fraction of sp³-hybridized carbons (Fsp3) is 0.520. The standard InChI is InChI=1S/C25H32N6O/c1-16-9-18(7-8-26-16)24-21-10-19-13-31(25(32)27-22(19)11-23(21)28-29-24)20-14-30(15-20)12-17-5-3-2-4-6-17/h2-9,19-24,28-29H,10-15H2,1H3,(H,27,32). The number of fused-ring (bicyclic) bond motifs is 2. The van der Waals surface area contributed by atoms with Gasteiger partial charge in [0.1, 0.15) is 0 Å². The second kappa shape index (κ2) is 8.14. The number of benzene rings is 1. The lowest BCUT2D eigenvalue weighted by Gasteiger charge is -2.51. The van der Waals surface area contributed by atoms with Crippen molar-refractivity contribution in [3.05, 3.63) is 65.5 Å². The lowest BCUT2D eigenvalue weighted by molar-refractivity contribution is 0.0132. The van der Waals surface area contributed by atoms with Gasteiger partial charge >= 0.3 is 6.03 Å². The predicted octanol–water partition coefficient (Wildman–Crippen LogP) is 2.21. The Morgan fingerprint density at radius 1 is 1.03 bits per heavy atom. The summed E-state index contributed by atoms with van der Waals surface area (Å²) in [5.74, 6) is 1.04. The van der Waals surface area contributed by atoms with Gasteiger partial charge in [-0.15, -0.1) is 0 Å². The normalized spacial score (nSPS) is 32.7. The highest BCUT2D eigenvalue weighted by Gasteiger charge is 2.49. The maximum atomic E-state index is 12.9. The van der Waals surface area contributed by atoms with E-state index >= 15 is 0 Å². The van der Waals surface area contributed by atoms with E-state index in [0.717, 1.165) is 44.7 Å². The Morgan fingerprint density at radius 2 is 1.88 bits per heavy atom. The number of nitrogens with zero attached hydrogens (tertiary/aromatic N) is 3. The van der Waals surface area contributed by atoms with E-state index < -0.39 is 0 Å². The first-order valence-corrected chi connectivity index (χ1v) is 11.9. The Balaban J connectivity index is 1.10. The van der Waals surface area contributed by atoms with Crippen LogP contribution in [-0.2, 0) is 6.54 Å². The summed E-state index contributed by atoms with van der Waals surface area (Å²) in [6.45, 7) is 5.83. The number of nitrogens with one attached hydrogen (secondary N) is 3. The molecule has 0 radical (unpaired) electrons. The minimum atomic E-state index is 0.126. The van der Waals surface area contributed by atoms with Crippen molar-refractivity contribution in [2.75, 3.05) is 19.6 Å². The highest BCUT2D eigenvalue weighted by Crippen LogP contribution is 2.42. The molecule has 1 aliphatic carbocycles. The van der Waals surface area contributed by atoms with E-state index in [2.05, 4.69) is 80.3 Å². The average Bonchev–Trinajstić information content (AvgIpc) is 3.18. The highest BCUT2D eigenvalue weighted by molar-refractivity contribution is 5.76. The van der Waals surface area contributed by atoms with Crippen LogP contribution in [0.3, 0.4) is 0 Å². The Morgan fingerprint density at radius 3 is 2.69 bits per heavy atom. The van der Waals surface area contributed by atoms with E-state index in [9.17, 15) is 4.79 Å². The fourth-order valence-electron chi connectivity index (χ4n) is 6.23. The summed E-state index contributed by atoms with van der Waals surface area (Å²) in [5.41, 5.74) is 10.8. The first-order valence-electron chi connectivity index (χ1n) is 11.9. The van der Waals surface area contributed by atoms with Gasteiger partial charge in [-0.25, -0.2) is 10.2 Å². The van der Waals surface area contributed by atoms with Gasteiger partial charge < -0.3 is 10.2 Å². The number of hydrazine groups is 1. The van der Waals surface area contributed by atoms with Crippen LogP contribution >= 0.6 is 0 Å². The minimum Gasteiger partial charge on any atom is -0.335 e. The number of aryl methyl sites for hydroxylation is 1. The number of pyridine rings is 1. The van der Waals surface area contributed by atoms with Crippen molar-refractivity contribution in [3.8, 4) is 0 Å². The molecule has 0 bridgehead atoms. The third kappa shape index (κ3) is 3.68. The van der Waals surface area contributed by atoms with Crippen molar-refractivity contribution in [2.24, 2.45) is 11.8 Å². The van der Waals surface area contributed by atoms with Crippen molar-refractivity contribution in [2.45, 2.75) is 50.5 Å². The molecule has 1 aromatic carbocycles. The number of carbonyl (C=O) groups excluding carboxylic acids is 1. The molecule has 168 valence electrons. The SMILES string of the molecule is Cc1cc(C2NNC3CC4NC(=O)N(C5CN(Cc6ccccc6)C5)CC4CC32)ccn1. The van der Waals surface area contributed by atoms with Crippen LogP contribution in [0.1, 0.15) is 35.7 Å². The molecule has 7 heteroatoms. The van der Waals surface area contributed by atoms with Crippen LogP contribution < -0.4 is 16.2 Å². The van der Waals surface area contributed by atoms with Gasteiger partial charge in [0.2, 0.25) is 0 Å². The average molecular weight is 433 g/mol. The zero-order valence-corrected chi connectivity index (χ0v) is 18.6. The van der Waals surface area contributed by atoms with Crippen molar-refractivity contribution in [1.29, 1.82) is 0 Å². The van der Waals surface area contributed by atoms with Crippen LogP contribution in [0.5, 0.6) is 0 Å². The topological polar surface area (TPSA) is 72.5 Å². The number of aromatic nitrogens is 1. The van der Waals surface area contributed by atoms with E-state index in [4.69, 9.17) is 0 Å². The van der Waals surface area contributed by atoms with Gasteiger partial charge in [0.25, 0.3) is 0 Å². The van der Waals surface area contributed by atoms with Crippen LogP contribution in [0.25, 0.3) is 0 Å². The number of likely N-dealkylation sites (tertiary alicyclic amines) is 1. The Kier molecular flexibility index (Phi) is 5.12. The molecule has 1 saturated carbocycles. The van der Waals surface area contributed by atoms with Crippen LogP contribution in [0, 0.1) is 18.8 Å². The summed E-state index contributed by atoms with van der Waals surface area (Å²) in [7, 11) is 0. The van der Waals surface area contributed by atoms with Gasteiger partial charge in [-0.05, 0) is 54.9 Å². The number of rotatable bonds is 4. The molecule has 5 unspecified atom stereocenters. The number of hydrogen-bond donors (Lipinski definition) is 3. The molecule has 1 aromatic heterocycles. The van der Waals surface area contributed by atoms with Crippen molar-refractivity contribution < 1.29 is 4.79 Å². The molecule has 2 amide bonds. The smallest absolute Gasteiger partial charge is 0.317 e. The number of hydrogen-bond acceptors (Lipinski definition) is 5. The molecule has 4 aliphatic rings. The maximum absolute atomic E-state index is 12.9. The van der Waals surface area contributed by atoms with Gasteiger partial charge in [-0.1, -0.05) is 30.3 Å². The van der Waals surface area contributed by atoms with E-state index in [-0.39, 0.29) is 12.1 Å². The van der Waals surface area contributed by atoms with Crippen molar-refractivity contribution >= 4 is 6.03 Å². The van der Waals surface area contributed by atoms with Crippen LogP contribution in [0.4, 0.5) is 4.79 Å². The van der Waals surface area contributed by atoms with E-state index in [1.165, 1.54) is 11.1 Å². The zero-order valence-electron chi connectivity index (χ0n) is 18.6. The molecule has 3 saturated heterocycles. The molecule has 4 fully saturated rings. The third-order valence-corrected chi connectivity index (χ3v) is 7.93. The molecule has 3 N–H and O–H groups in total. The second-order valence-electron chi connectivity index (χ2n) is 10.0. The monoisotopic (exact) mass is 432 g/mol. The van der Waals surface area contributed by atoms with Crippen LogP contribution in [0.2, 0.25) is 0 Å².